The minimum Gasteiger partial charge on any atom is -0.497 e. The number of methoxy groups -OCH3 is 1. The molecule has 0 amide bonds. The Morgan fingerprint density at radius 3 is 2.92 bits per heavy atom. The van der Waals surface area contributed by atoms with Gasteiger partial charge in [-0.15, -0.1) is 11.3 Å². The molecule has 2 rings (SSSR count). The summed E-state index contributed by atoms with van der Waals surface area (Å²) in [6.45, 7) is 3.23. The highest BCUT2D eigenvalue weighted by molar-refractivity contribution is 7.12. The smallest absolute Gasteiger partial charge is 0.119 e. The van der Waals surface area contributed by atoms with Crippen molar-refractivity contribution in [2.45, 2.75) is 38.9 Å². The number of ether oxygens (including phenoxy) is 2. The van der Waals surface area contributed by atoms with Crippen molar-refractivity contribution in [3.63, 3.8) is 0 Å². The minimum absolute atomic E-state index is 0.359. The number of benzene rings is 1. The van der Waals surface area contributed by atoms with Crippen LogP contribution >= 0.6 is 11.3 Å². The van der Waals surface area contributed by atoms with Crippen LogP contribution < -0.4 is 4.74 Å². The molecule has 1 aromatic carbocycles. The third kappa shape index (κ3) is 6.01. The first kappa shape index (κ1) is 18.5. The first-order chi connectivity index (χ1) is 11.7. The normalized spacial score (nSPS) is 11.6. The molecule has 0 aliphatic rings. The third-order valence-corrected chi connectivity index (χ3v) is 4.61. The fraction of sp³-hybridized carbons (Fsp3) is 0.400. The van der Waals surface area contributed by atoms with E-state index in [1.807, 2.05) is 36.4 Å². The number of hydrogen-bond donors (Lipinski definition) is 1. The molecule has 1 heterocycles. The van der Waals surface area contributed by atoms with Gasteiger partial charge in [0.15, 0.2) is 0 Å². The van der Waals surface area contributed by atoms with Crippen LogP contribution in [0.5, 0.6) is 5.75 Å². The molecule has 0 radical (unpaired) electrons. The van der Waals surface area contributed by atoms with E-state index in [1.54, 1.807) is 18.4 Å². The summed E-state index contributed by atoms with van der Waals surface area (Å²) in [5, 5.41) is 9.95. The molecule has 0 saturated carbocycles. The minimum atomic E-state index is -0.359. The quantitative estimate of drug-likeness (QED) is 0.564. The van der Waals surface area contributed by atoms with E-state index in [9.17, 15) is 5.11 Å². The Hall–Kier alpha value is -1.80. The number of aliphatic hydroxyl groups excluding tert-OH is 1. The predicted molar refractivity (Wildman–Crippen MR) is 98.3 cm³/mol. The van der Waals surface area contributed by atoms with Gasteiger partial charge in [0, 0.05) is 11.3 Å². The lowest BCUT2D eigenvalue weighted by atomic mass is 10.2. The van der Waals surface area contributed by atoms with E-state index in [0.29, 0.717) is 19.6 Å². The van der Waals surface area contributed by atoms with Crippen LogP contribution in [0.3, 0.4) is 0 Å². The zero-order valence-corrected chi connectivity index (χ0v) is 15.1. The van der Waals surface area contributed by atoms with Crippen molar-refractivity contribution in [1.82, 2.24) is 0 Å². The van der Waals surface area contributed by atoms with Crippen molar-refractivity contribution in [1.29, 1.82) is 0 Å². The molecular formula is C20H24O3S. The summed E-state index contributed by atoms with van der Waals surface area (Å²) in [5.41, 5.74) is 1.09. The number of thiophene rings is 1. The van der Waals surface area contributed by atoms with Gasteiger partial charge in [0.25, 0.3) is 0 Å². The first-order valence-corrected chi connectivity index (χ1v) is 9.02. The van der Waals surface area contributed by atoms with Gasteiger partial charge in [-0.25, -0.2) is 0 Å². The summed E-state index contributed by atoms with van der Waals surface area (Å²) in [6.07, 6.45) is 2.10. The highest BCUT2D eigenvalue weighted by Gasteiger charge is 2.08. The van der Waals surface area contributed by atoms with E-state index in [4.69, 9.17) is 9.47 Å². The Bertz CT molecular complexity index is 681. The zero-order chi connectivity index (χ0) is 17.2. The Labute approximate surface area is 148 Å². The van der Waals surface area contributed by atoms with Gasteiger partial charge in [0.2, 0.25) is 0 Å². The van der Waals surface area contributed by atoms with Gasteiger partial charge in [-0.2, -0.15) is 0 Å². The van der Waals surface area contributed by atoms with E-state index in [0.717, 1.165) is 33.9 Å². The maximum atomic E-state index is 9.95. The van der Waals surface area contributed by atoms with Crippen LogP contribution in [-0.4, -0.2) is 18.8 Å². The predicted octanol–water partition coefficient (Wildman–Crippen LogP) is 4.55. The van der Waals surface area contributed by atoms with Crippen molar-refractivity contribution >= 4 is 11.3 Å². The lowest BCUT2D eigenvalue weighted by Gasteiger charge is -2.04. The van der Waals surface area contributed by atoms with E-state index in [2.05, 4.69) is 18.8 Å². The van der Waals surface area contributed by atoms with Gasteiger partial charge in [0.05, 0.1) is 31.3 Å². The van der Waals surface area contributed by atoms with Crippen molar-refractivity contribution in [2.24, 2.45) is 0 Å². The van der Waals surface area contributed by atoms with Crippen LogP contribution in [0.25, 0.3) is 0 Å². The van der Waals surface area contributed by atoms with E-state index in [1.165, 1.54) is 0 Å². The summed E-state index contributed by atoms with van der Waals surface area (Å²) in [7, 11) is 1.66. The van der Waals surface area contributed by atoms with Crippen molar-refractivity contribution < 1.29 is 14.6 Å². The Balaban J connectivity index is 1.72. The van der Waals surface area contributed by atoms with Crippen molar-refractivity contribution in [3.8, 4) is 17.6 Å². The molecule has 0 saturated heterocycles. The average molecular weight is 344 g/mol. The van der Waals surface area contributed by atoms with Crippen molar-refractivity contribution in [3.05, 3.63) is 51.7 Å². The monoisotopic (exact) mass is 344 g/mol. The van der Waals surface area contributed by atoms with Crippen LogP contribution in [-0.2, 0) is 11.3 Å². The maximum Gasteiger partial charge on any atom is 0.119 e. The molecule has 0 aliphatic carbocycles. The molecule has 1 aromatic heterocycles. The van der Waals surface area contributed by atoms with Gasteiger partial charge < -0.3 is 14.6 Å². The van der Waals surface area contributed by atoms with E-state index < -0.39 is 0 Å². The fourth-order valence-electron chi connectivity index (χ4n) is 2.24. The molecule has 3 nitrogen and oxygen atoms in total. The van der Waals surface area contributed by atoms with Crippen molar-refractivity contribution in [2.75, 3.05) is 13.7 Å². The summed E-state index contributed by atoms with van der Waals surface area (Å²) in [4.78, 5) is 1.99. The maximum absolute atomic E-state index is 9.95. The summed E-state index contributed by atoms with van der Waals surface area (Å²) < 4.78 is 10.8. The number of aliphatic hydroxyl groups is 1. The molecule has 0 bridgehead atoms. The molecular weight excluding hydrogens is 320 g/mol. The van der Waals surface area contributed by atoms with Gasteiger partial charge in [0.1, 0.15) is 5.75 Å². The highest BCUT2D eigenvalue weighted by Crippen LogP contribution is 2.25. The standard InChI is InChI=1S/C20H24O3S/c1-3-7-19(21)20-12-11-18(24-20)10-4-5-13-23-15-16-8-6-9-17(14-16)22-2/h6,8-9,11-12,14,19,21H,3,5,7,13,15H2,1-2H3. The SMILES string of the molecule is CCCC(O)c1ccc(C#CCCOCc2cccc(OC)c2)s1. The Morgan fingerprint density at radius 2 is 2.12 bits per heavy atom. The number of rotatable bonds is 8. The Morgan fingerprint density at radius 1 is 1.25 bits per heavy atom. The van der Waals surface area contributed by atoms with Crippen LogP contribution in [0.15, 0.2) is 36.4 Å². The summed E-state index contributed by atoms with van der Waals surface area (Å²) >= 11 is 1.57. The van der Waals surface area contributed by atoms with Gasteiger partial charge in [-0.3, -0.25) is 0 Å². The molecule has 1 N–H and O–H groups in total. The molecule has 4 heteroatoms. The second-order valence-electron chi connectivity index (χ2n) is 5.46. The van der Waals surface area contributed by atoms with Crippen LogP contribution in [0.4, 0.5) is 0 Å². The topological polar surface area (TPSA) is 38.7 Å². The fourth-order valence-corrected chi connectivity index (χ4v) is 3.14. The zero-order valence-electron chi connectivity index (χ0n) is 14.2. The molecule has 0 fully saturated rings. The molecule has 1 atom stereocenters. The largest absolute Gasteiger partial charge is 0.497 e. The molecule has 24 heavy (non-hydrogen) atoms. The van der Waals surface area contributed by atoms with Crippen LogP contribution in [0, 0.1) is 11.8 Å². The second kappa shape index (κ2) is 10.1. The molecule has 0 spiro atoms. The second-order valence-corrected chi connectivity index (χ2v) is 6.58. The van der Waals surface area contributed by atoms with E-state index in [-0.39, 0.29) is 6.10 Å². The van der Waals surface area contributed by atoms with Crippen LogP contribution in [0.2, 0.25) is 0 Å². The summed E-state index contributed by atoms with van der Waals surface area (Å²) in [5.74, 6) is 7.10. The lowest BCUT2D eigenvalue weighted by Crippen LogP contribution is -1.95. The van der Waals surface area contributed by atoms with Gasteiger partial charge in [-0.05, 0) is 36.2 Å². The van der Waals surface area contributed by atoms with Gasteiger partial charge >= 0.3 is 0 Å². The first-order valence-electron chi connectivity index (χ1n) is 8.20. The van der Waals surface area contributed by atoms with Crippen LogP contribution in [0.1, 0.15) is 47.6 Å². The molecule has 128 valence electrons. The molecule has 2 aromatic rings. The lowest BCUT2D eigenvalue weighted by molar-refractivity contribution is 0.126. The number of hydrogen-bond acceptors (Lipinski definition) is 4. The third-order valence-electron chi connectivity index (χ3n) is 3.50. The Kier molecular flexibility index (Phi) is 7.84. The molecule has 1 unspecified atom stereocenters. The van der Waals surface area contributed by atoms with Gasteiger partial charge in [-0.1, -0.05) is 37.3 Å². The highest BCUT2D eigenvalue weighted by atomic mass is 32.1. The summed E-state index contributed by atoms with van der Waals surface area (Å²) in [6, 6.07) is 11.8. The van der Waals surface area contributed by atoms with E-state index >= 15 is 0 Å². The molecule has 0 aliphatic heterocycles. The average Bonchev–Trinajstić information content (AvgIpc) is 3.07.